The SMILES string of the molecule is Cc1cc(C(=O)Nc2ccc(C(=O)c3ccc4c(C=Nc5ccc(C)c(O)c5)c(O)[nH]c4c3)cc2)n(C)n1. The Morgan fingerprint density at radius 2 is 1.71 bits per heavy atom. The van der Waals surface area contributed by atoms with Gasteiger partial charge >= 0.3 is 0 Å². The van der Waals surface area contributed by atoms with Gasteiger partial charge in [-0.25, -0.2) is 0 Å². The largest absolute Gasteiger partial charge is 0.508 e. The summed E-state index contributed by atoms with van der Waals surface area (Å²) < 4.78 is 1.52. The van der Waals surface area contributed by atoms with Crippen molar-refractivity contribution in [2.45, 2.75) is 13.8 Å². The number of nitrogens with zero attached hydrogens (tertiary/aromatic N) is 3. The van der Waals surface area contributed by atoms with E-state index in [1.165, 1.54) is 10.9 Å². The number of benzene rings is 3. The zero-order chi connectivity index (χ0) is 27.0. The van der Waals surface area contributed by atoms with Gasteiger partial charge in [0.05, 0.1) is 16.9 Å². The van der Waals surface area contributed by atoms with E-state index in [4.69, 9.17) is 0 Å². The maximum absolute atomic E-state index is 13.1. The predicted octanol–water partition coefficient (Wildman–Crippen LogP) is 5.16. The first-order valence-electron chi connectivity index (χ1n) is 11.8. The number of phenols is 1. The highest BCUT2D eigenvalue weighted by molar-refractivity contribution is 6.12. The Labute approximate surface area is 218 Å². The molecule has 2 heterocycles. The normalized spacial score (nSPS) is 11.3. The Morgan fingerprint density at radius 3 is 2.39 bits per heavy atom. The fourth-order valence-corrected chi connectivity index (χ4v) is 4.18. The molecule has 0 saturated heterocycles. The number of ketones is 1. The van der Waals surface area contributed by atoms with Crippen molar-refractivity contribution in [1.29, 1.82) is 0 Å². The van der Waals surface area contributed by atoms with Crippen LogP contribution in [0.15, 0.2) is 71.7 Å². The molecule has 5 aromatic rings. The number of carbonyl (C=O) groups excluding carboxylic acids is 2. The molecule has 38 heavy (non-hydrogen) atoms. The van der Waals surface area contributed by atoms with Crippen molar-refractivity contribution in [3.63, 3.8) is 0 Å². The van der Waals surface area contributed by atoms with Crippen LogP contribution in [0, 0.1) is 13.8 Å². The number of hydrogen-bond donors (Lipinski definition) is 4. The number of aromatic hydroxyl groups is 2. The number of anilines is 1. The highest BCUT2D eigenvalue weighted by atomic mass is 16.3. The van der Waals surface area contributed by atoms with Crippen LogP contribution in [0.1, 0.15) is 43.2 Å². The lowest BCUT2D eigenvalue weighted by atomic mass is 10.0. The summed E-state index contributed by atoms with van der Waals surface area (Å²) in [6, 6.07) is 18.5. The van der Waals surface area contributed by atoms with Crippen LogP contribution in [0.5, 0.6) is 11.6 Å². The second kappa shape index (κ2) is 9.70. The predicted molar refractivity (Wildman–Crippen MR) is 146 cm³/mol. The number of aromatic amines is 1. The minimum absolute atomic E-state index is 0.0756. The average molecular weight is 508 g/mol. The lowest BCUT2D eigenvalue weighted by Crippen LogP contribution is -2.16. The van der Waals surface area contributed by atoms with Crippen LogP contribution in [0.25, 0.3) is 10.9 Å². The van der Waals surface area contributed by atoms with Crippen LogP contribution in [0.2, 0.25) is 0 Å². The molecule has 0 radical (unpaired) electrons. The topological polar surface area (TPSA) is 133 Å². The van der Waals surface area contributed by atoms with Crippen molar-refractivity contribution >= 4 is 40.2 Å². The molecule has 5 rings (SSSR count). The summed E-state index contributed by atoms with van der Waals surface area (Å²) in [4.78, 5) is 32.9. The number of fused-ring (bicyclic) bond motifs is 1. The van der Waals surface area contributed by atoms with Crippen molar-refractivity contribution in [1.82, 2.24) is 14.8 Å². The van der Waals surface area contributed by atoms with Crippen LogP contribution in [0.3, 0.4) is 0 Å². The molecule has 0 spiro atoms. The number of phenolic OH excluding ortho intramolecular Hbond substituents is 1. The smallest absolute Gasteiger partial charge is 0.273 e. The van der Waals surface area contributed by atoms with E-state index in [1.54, 1.807) is 80.7 Å². The Hall–Kier alpha value is -5.18. The van der Waals surface area contributed by atoms with Gasteiger partial charge in [0.25, 0.3) is 5.91 Å². The quantitative estimate of drug-likeness (QED) is 0.186. The number of aliphatic imine (C=N–C) groups is 1. The van der Waals surface area contributed by atoms with Crippen LogP contribution in [0.4, 0.5) is 11.4 Å². The summed E-state index contributed by atoms with van der Waals surface area (Å²) in [6.45, 7) is 3.61. The highest BCUT2D eigenvalue weighted by Crippen LogP contribution is 2.29. The van der Waals surface area contributed by atoms with Gasteiger partial charge in [0.1, 0.15) is 11.4 Å². The molecule has 0 atom stereocenters. The van der Waals surface area contributed by atoms with E-state index in [1.807, 2.05) is 6.92 Å². The van der Waals surface area contributed by atoms with Gasteiger partial charge in [-0.05, 0) is 61.9 Å². The fourth-order valence-electron chi connectivity index (χ4n) is 4.18. The van der Waals surface area contributed by atoms with Crippen LogP contribution in [-0.2, 0) is 7.05 Å². The number of rotatable bonds is 6. The maximum atomic E-state index is 13.1. The van der Waals surface area contributed by atoms with E-state index >= 15 is 0 Å². The zero-order valence-corrected chi connectivity index (χ0v) is 21.0. The fraction of sp³-hybridized carbons (Fsp3) is 0.103. The minimum atomic E-state index is -0.289. The summed E-state index contributed by atoms with van der Waals surface area (Å²) in [6.07, 6.45) is 1.51. The van der Waals surface area contributed by atoms with Crippen molar-refractivity contribution < 1.29 is 19.8 Å². The van der Waals surface area contributed by atoms with Gasteiger partial charge < -0.3 is 20.5 Å². The number of hydrogen-bond acceptors (Lipinski definition) is 6. The Kier molecular flexibility index (Phi) is 6.26. The van der Waals surface area contributed by atoms with Crippen molar-refractivity contribution in [2.75, 3.05) is 5.32 Å². The second-order valence-electron chi connectivity index (χ2n) is 9.03. The summed E-state index contributed by atoms with van der Waals surface area (Å²) in [5, 5.41) is 28.0. The molecule has 9 heteroatoms. The monoisotopic (exact) mass is 507 g/mol. The summed E-state index contributed by atoms with van der Waals surface area (Å²) >= 11 is 0. The molecule has 0 unspecified atom stereocenters. The Bertz CT molecular complexity index is 1730. The van der Waals surface area contributed by atoms with Crippen molar-refractivity contribution in [2.24, 2.45) is 12.0 Å². The molecule has 190 valence electrons. The number of aryl methyl sites for hydroxylation is 3. The van der Waals surface area contributed by atoms with Gasteiger partial charge in [0, 0.05) is 47.0 Å². The molecule has 1 amide bonds. The third-order valence-electron chi connectivity index (χ3n) is 6.26. The molecule has 0 saturated carbocycles. The van der Waals surface area contributed by atoms with E-state index < -0.39 is 0 Å². The van der Waals surface area contributed by atoms with Crippen LogP contribution in [-0.4, -0.2) is 42.9 Å². The number of H-pyrrole nitrogens is 1. The number of amides is 1. The highest BCUT2D eigenvalue weighted by Gasteiger charge is 2.15. The van der Waals surface area contributed by atoms with Gasteiger partial charge in [-0.15, -0.1) is 0 Å². The van der Waals surface area contributed by atoms with Crippen LogP contribution >= 0.6 is 0 Å². The van der Waals surface area contributed by atoms with E-state index in [0.29, 0.717) is 44.7 Å². The number of nitrogens with one attached hydrogen (secondary N) is 2. The molecule has 2 aromatic heterocycles. The molecule has 0 bridgehead atoms. The molecule has 0 aliphatic carbocycles. The van der Waals surface area contributed by atoms with Crippen molar-refractivity contribution in [3.8, 4) is 11.6 Å². The Balaban J connectivity index is 1.34. The van der Waals surface area contributed by atoms with E-state index in [0.717, 1.165) is 11.3 Å². The van der Waals surface area contributed by atoms with Crippen LogP contribution < -0.4 is 5.32 Å². The summed E-state index contributed by atoms with van der Waals surface area (Å²) in [5.74, 6) is -0.424. The Morgan fingerprint density at radius 1 is 0.974 bits per heavy atom. The minimum Gasteiger partial charge on any atom is -0.508 e. The molecule has 0 aliphatic rings. The summed E-state index contributed by atoms with van der Waals surface area (Å²) in [5.41, 5.74) is 4.98. The first-order valence-corrected chi connectivity index (χ1v) is 11.8. The van der Waals surface area contributed by atoms with Gasteiger partial charge in [0.2, 0.25) is 0 Å². The molecule has 0 aliphatic heterocycles. The third kappa shape index (κ3) is 4.77. The standard InChI is InChI=1S/C29H25N5O4/c1-16-4-8-21(14-26(16)35)30-15-23-22-11-7-19(13-24(22)32-28(23)37)27(36)18-5-9-20(10-6-18)31-29(38)25-12-17(2)33-34(25)3/h4-15,32,35,37H,1-3H3,(H,31,38). The molecule has 4 N–H and O–H groups in total. The van der Waals surface area contributed by atoms with Gasteiger partial charge in [-0.1, -0.05) is 18.2 Å². The van der Waals surface area contributed by atoms with Gasteiger partial charge in [-0.3, -0.25) is 19.3 Å². The zero-order valence-electron chi connectivity index (χ0n) is 21.0. The molecule has 9 nitrogen and oxygen atoms in total. The van der Waals surface area contributed by atoms with Gasteiger partial charge in [0.15, 0.2) is 11.7 Å². The second-order valence-corrected chi connectivity index (χ2v) is 9.03. The number of carbonyl (C=O) groups is 2. The third-order valence-corrected chi connectivity index (χ3v) is 6.26. The maximum Gasteiger partial charge on any atom is 0.273 e. The number of aromatic nitrogens is 3. The lowest BCUT2D eigenvalue weighted by Gasteiger charge is -2.07. The summed E-state index contributed by atoms with van der Waals surface area (Å²) in [7, 11) is 1.70. The molecule has 3 aromatic carbocycles. The molecular weight excluding hydrogens is 482 g/mol. The first-order chi connectivity index (χ1) is 18.2. The van der Waals surface area contributed by atoms with E-state index in [9.17, 15) is 19.8 Å². The van der Waals surface area contributed by atoms with Gasteiger partial charge in [-0.2, -0.15) is 5.10 Å². The van der Waals surface area contributed by atoms with E-state index in [2.05, 4.69) is 20.4 Å². The van der Waals surface area contributed by atoms with E-state index in [-0.39, 0.29) is 23.3 Å². The first kappa shape index (κ1) is 24.5. The lowest BCUT2D eigenvalue weighted by molar-refractivity contribution is 0.101. The molecule has 0 fully saturated rings. The van der Waals surface area contributed by atoms with Crippen molar-refractivity contribution in [3.05, 3.63) is 100 Å². The molecular formula is C29H25N5O4. The average Bonchev–Trinajstić information content (AvgIpc) is 3.41.